The maximum absolute atomic E-state index is 12.5. The Balaban J connectivity index is 2.37. The van der Waals surface area contributed by atoms with Gasteiger partial charge in [-0.3, -0.25) is 9.59 Å². The highest BCUT2D eigenvalue weighted by Gasteiger charge is 2.22. The molecule has 2 rings (SSSR count). The third-order valence-electron chi connectivity index (χ3n) is 4.22. The molecule has 0 radical (unpaired) electrons. The number of para-hydroxylation sites is 1. The Morgan fingerprint density at radius 2 is 1.62 bits per heavy atom. The highest BCUT2D eigenvalue weighted by molar-refractivity contribution is 5.94. The molecule has 0 saturated carbocycles. The van der Waals surface area contributed by atoms with Crippen LogP contribution in [0.25, 0.3) is 0 Å². The molecule has 2 aromatic rings. The first kappa shape index (κ1) is 19.5. The van der Waals surface area contributed by atoms with Gasteiger partial charge < -0.3 is 14.4 Å². The van der Waals surface area contributed by atoms with Crippen LogP contribution < -0.4 is 4.74 Å². The Morgan fingerprint density at radius 3 is 2.15 bits per heavy atom. The van der Waals surface area contributed by atoms with Gasteiger partial charge in [0.05, 0.1) is 7.11 Å². The van der Waals surface area contributed by atoms with E-state index in [1.807, 2.05) is 50.2 Å². The summed E-state index contributed by atoms with van der Waals surface area (Å²) in [5.74, 6) is 0.245. The second-order valence-corrected chi connectivity index (χ2v) is 5.83. The summed E-state index contributed by atoms with van der Waals surface area (Å²) in [4.78, 5) is 25.8. The monoisotopic (exact) mass is 355 g/mol. The van der Waals surface area contributed by atoms with Crippen LogP contribution in [0.1, 0.15) is 48.4 Å². The minimum absolute atomic E-state index is 0.0112. The smallest absolute Gasteiger partial charge is 0.303 e. The third-order valence-corrected chi connectivity index (χ3v) is 4.22. The minimum atomic E-state index is -0.596. The van der Waals surface area contributed by atoms with E-state index >= 15 is 0 Å². The second-order valence-electron chi connectivity index (χ2n) is 5.83. The molecule has 0 N–H and O–H groups in total. The molecule has 0 heterocycles. The summed E-state index contributed by atoms with van der Waals surface area (Å²) < 4.78 is 10.9. The number of rotatable bonds is 7. The Kier molecular flexibility index (Phi) is 6.78. The first-order valence-corrected chi connectivity index (χ1v) is 8.71. The number of carbonyl (C=O) groups is 2. The summed E-state index contributed by atoms with van der Waals surface area (Å²) >= 11 is 0. The molecule has 0 aromatic heterocycles. The van der Waals surface area contributed by atoms with Crippen LogP contribution in [0.4, 0.5) is 0 Å². The van der Waals surface area contributed by atoms with E-state index < -0.39 is 6.10 Å². The van der Waals surface area contributed by atoms with Crippen LogP contribution in [-0.4, -0.2) is 37.0 Å². The topological polar surface area (TPSA) is 55.8 Å². The van der Waals surface area contributed by atoms with Gasteiger partial charge in [0.2, 0.25) is 0 Å². The normalized spacial score (nSPS) is 11.5. The van der Waals surface area contributed by atoms with Crippen molar-refractivity contribution in [3.8, 4) is 5.75 Å². The standard InChI is InChI=1S/C21H25NO4/c1-5-22(6-2)21(24)17-13-11-16(12-14-17)20(26-15(3)23)18-9-7-8-10-19(18)25-4/h7-14,20H,5-6H2,1-4H3. The number of amides is 1. The van der Waals surface area contributed by atoms with E-state index in [0.717, 1.165) is 11.1 Å². The number of nitrogens with zero attached hydrogens (tertiary/aromatic N) is 1. The first-order valence-electron chi connectivity index (χ1n) is 8.71. The molecule has 5 heteroatoms. The van der Waals surface area contributed by atoms with E-state index in [4.69, 9.17) is 9.47 Å². The molecule has 0 fully saturated rings. The fourth-order valence-electron chi connectivity index (χ4n) is 2.85. The molecular weight excluding hydrogens is 330 g/mol. The minimum Gasteiger partial charge on any atom is -0.496 e. The van der Waals surface area contributed by atoms with E-state index in [9.17, 15) is 9.59 Å². The summed E-state index contributed by atoms with van der Waals surface area (Å²) in [6.45, 7) is 6.60. The molecule has 1 atom stereocenters. The zero-order valence-corrected chi connectivity index (χ0v) is 15.7. The van der Waals surface area contributed by atoms with Crippen molar-refractivity contribution in [2.75, 3.05) is 20.2 Å². The van der Waals surface area contributed by atoms with Gasteiger partial charge >= 0.3 is 5.97 Å². The van der Waals surface area contributed by atoms with Crippen LogP contribution in [0.15, 0.2) is 48.5 Å². The van der Waals surface area contributed by atoms with Crippen molar-refractivity contribution >= 4 is 11.9 Å². The molecule has 0 saturated heterocycles. The number of ether oxygens (including phenoxy) is 2. The lowest BCUT2D eigenvalue weighted by molar-refractivity contribution is -0.144. The molecule has 1 amide bonds. The molecule has 0 bridgehead atoms. The number of carbonyl (C=O) groups excluding carboxylic acids is 2. The van der Waals surface area contributed by atoms with E-state index in [2.05, 4.69) is 0 Å². The van der Waals surface area contributed by atoms with Crippen molar-refractivity contribution in [2.24, 2.45) is 0 Å². The average Bonchev–Trinajstić information content (AvgIpc) is 2.67. The quantitative estimate of drug-likeness (QED) is 0.708. The highest BCUT2D eigenvalue weighted by atomic mass is 16.5. The largest absolute Gasteiger partial charge is 0.496 e. The predicted octanol–water partition coefficient (Wildman–Crippen LogP) is 3.83. The SMILES string of the molecule is CCN(CC)C(=O)c1ccc(C(OC(C)=O)c2ccccc2OC)cc1. The van der Waals surface area contributed by atoms with E-state index in [1.54, 1.807) is 24.1 Å². The summed E-state index contributed by atoms with van der Waals surface area (Å²) in [6.07, 6.45) is -0.596. The third kappa shape index (κ3) is 4.42. The van der Waals surface area contributed by atoms with Crippen molar-refractivity contribution in [2.45, 2.75) is 26.9 Å². The van der Waals surface area contributed by atoms with Crippen LogP contribution in [0.3, 0.4) is 0 Å². The van der Waals surface area contributed by atoms with Gasteiger partial charge in [0.1, 0.15) is 5.75 Å². The number of benzene rings is 2. The molecule has 0 aliphatic rings. The molecule has 0 aliphatic carbocycles. The molecule has 0 aliphatic heterocycles. The van der Waals surface area contributed by atoms with Crippen LogP contribution in [-0.2, 0) is 9.53 Å². The lowest BCUT2D eigenvalue weighted by Crippen LogP contribution is -2.30. The summed E-state index contributed by atoms with van der Waals surface area (Å²) in [7, 11) is 1.58. The van der Waals surface area contributed by atoms with E-state index in [1.165, 1.54) is 6.92 Å². The summed E-state index contributed by atoms with van der Waals surface area (Å²) in [6, 6.07) is 14.6. The number of esters is 1. The van der Waals surface area contributed by atoms with Crippen molar-refractivity contribution in [1.82, 2.24) is 4.90 Å². The van der Waals surface area contributed by atoms with E-state index in [0.29, 0.717) is 24.4 Å². The Hall–Kier alpha value is -2.82. The molecule has 26 heavy (non-hydrogen) atoms. The van der Waals surface area contributed by atoms with Gasteiger partial charge in [-0.25, -0.2) is 0 Å². The summed E-state index contributed by atoms with van der Waals surface area (Å²) in [5, 5.41) is 0. The molecule has 5 nitrogen and oxygen atoms in total. The lowest BCUT2D eigenvalue weighted by Gasteiger charge is -2.21. The fourth-order valence-corrected chi connectivity index (χ4v) is 2.85. The number of methoxy groups -OCH3 is 1. The summed E-state index contributed by atoms with van der Waals surface area (Å²) in [5.41, 5.74) is 2.15. The van der Waals surface area contributed by atoms with Gasteiger partial charge in [-0.2, -0.15) is 0 Å². The van der Waals surface area contributed by atoms with Crippen molar-refractivity contribution in [3.63, 3.8) is 0 Å². The maximum atomic E-state index is 12.5. The first-order chi connectivity index (χ1) is 12.5. The zero-order chi connectivity index (χ0) is 19.1. The fraction of sp³-hybridized carbons (Fsp3) is 0.333. The van der Waals surface area contributed by atoms with Crippen LogP contribution in [0.2, 0.25) is 0 Å². The van der Waals surface area contributed by atoms with Crippen LogP contribution >= 0.6 is 0 Å². The average molecular weight is 355 g/mol. The molecule has 2 aromatic carbocycles. The lowest BCUT2D eigenvalue weighted by atomic mass is 9.99. The number of hydrogen-bond donors (Lipinski definition) is 0. The molecular formula is C21H25NO4. The second kappa shape index (κ2) is 9.04. The Labute approximate surface area is 154 Å². The van der Waals surface area contributed by atoms with Gasteiger partial charge in [-0.15, -0.1) is 0 Å². The molecule has 0 spiro atoms. The molecule has 138 valence electrons. The van der Waals surface area contributed by atoms with Crippen molar-refractivity contribution < 1.29 is 19.1 Å². The van der Waals surface area contributed by atoms with Gasteiger partial charge in [0, 0.05) is 31.1 Å². The van der Waals surface area contributed by atoms with Gasteiger partial charge in [0.15, 0.2) is 6.10 Å². The van der Waals surface area contributed by atoms with Crippen molar-refractivity contribution in [3.05, 3.63) is 65.2 Å². The Bertz CT molecular complexity index is 751. The maximum Gasteiger partial charge on any atom is 0.303 e. The molecule has 1 unspecified atom stereocenters. The predicted molar refractivity (Wildman–Crippen MR) is 100 cm³/mol. The number of hydrogen-bond acceptors (Lipinski definition) is 4. The van der Waals surface area contributed by atoms with Gasteiger partial charge in [-0.1, -0.05) is 30.3 Å². The van der Waals surface area contributed by atoms with Crippen molar-refractivity contribution in [1.29, 1.82) is 0 Å². The van der Waals surface area contributed by atoms with Crippen LogP contribution in [0, 0.1) is 0 Å². The van der Waals surface area contributed by atoms with Gasteiger partial charge in [-0.05, 0) is 37.6 Å². The van der Waals surface area contributed by atoms with Crippen LogP contribution in [0.5, 0.6) is 5.75 Å². The zero-order valence-electron chi connectivity index (χ0n) is 15.7. The van der Waals surface area contributed by atoms with Gasteiger partial charge in [0.25, 0.3) is 5.91 Å². The Morgan fingerprint density at radius 1 is 1.00 bits per heavy atom. The van der Waals surface area contributed by atoms with E-state index in [-0.39, 0.29) is 11.9 Å². The highest BCUT2D eigenvalue weighted by Crippen LogP contribution is 2.33.